The Labute approximate surface area is 473 Å². The number of fused-ring (bicyclic) bond motifs is 2. The molecule has 420 valence electrons. The highest BCUT2D eigenvalue weighted by atomic mass is 16.6. The Balaban J connectivity index is 0.832. The molecular formula is C66H74N8O7. The number of ether oxygens (including phenoxy) is 2. The van der Waals surface area contributed by atoms with Gasteiger partial charge >= 0.3 is 12.2 Å². The summed E-state index contributed by atoms with van der Waals surface area (Å²) in [7, 11) is 0. The number of aromatic nitrogens is 4. The molecule has 4 N–H and O–H groups in total. The molecule has 4 heterocycles. The number of hydrogen-bond donors (Lipinski definition) is 4. The fourth-order valence-corrected chi connectivity index (χ4v) is 13.3. The van der Waals surface area contributed by atoms with Gasteiger partial charge in [0, 0.05) is 13.1 Å². The van der Waals surface area contributed by atoms with Crippen LogP contribution in [0.4, 0.5) is 9.59 Å². The second-order valence-electron chi connectivity index (χ2n) is 25.5. The number of aromatic amines is 2. The molecule has 11 rings (SSSR count). The molecular weight excluding hydrogens is 1020 g/mol. The van der Waals surface area contributed by atoms with E-state index in [1.807, 2.05) is 63.1 Å². The summed E-state index contributed by atoms with van der Waals surface area (Å²) < 4.78 is 11.0. The summed E-state index contributed by atoms with van der Waals surface area (Å²) in [5.74, 6) is 1.05. The van der Waals surface area contributed by atoms with Crippen LogP contribution in [0.5, 0.6) is 11.5 Å². The maximum atomic E-state index is 14.5. The smallest absolute Gasteiger partial charge is 0.410 e. The quantitative estimate of drug-likeness (QED) is 0.0870. The van der Waals surface area contributed by atoms with Gasteiger partial charge in [0.05, 0.1) is 34.9 Å². The molecule has 3 fully saturated rings. The van der Waals surface area contributed by atoms with Gasteiger partial charge in [-0.1, -0.05) is 147 Å². The molecule has 7 aromatic rings. The van der Waals surface area contributed by atoms with Gasteiger partial charge in [0.15, 0.2) is 0 Å². The van der Waals surface area contributed by atoms with E-state index in [-0.39, 0.29) is 51.5 Å². The lowest BCUT2D eigenvalue weighted by Crippen LogP contribution is -2.52. The van der Waals surface area contributed by atoms with Crippen LogP contribution < -0.4 is 25.7 Å². The Morgan fingerprint density at radius 3 is 1.60 bits per heavy atom. The number of rotatable bonds is 13. The average molecular weight is 1090 g/mol. The summed E-state index contributed by atoms with van der Waals surface area (Å²) in [5.41, 5.74) is 8.99. The normalized spacial score (nSPS) is 19.5. The van der Waals surface area contributed by atoms with E-state index in [1.165, 1.54) is 42.4 Å². The predicted octanol–water partition coefficient (Wildman–Crippen LogP) is 12.5. The summed E-state index contributed by atoms with van der Waals surface area (Å²) in [6.45, 7) is 17.1. The Morgan fingerprint density at radius 2 is 1.09 bits per heavy atom. The van der Waals surface area contributed by atoms with E-state index >= 15 is 0 Å². The number of likely N-dealkylation sites (tertiary alicyclic amines) is 2. The van der Waals surface area contributed by atoms with Gasteiger partial charge in [-0.2, -0.15) is 0 Å². The summed E-state index contributed by atoms with van der Waals surface area (Å²) in [6, 6.07) is 34.2. The van der Waals surface area contributed by atoms with E-state index in [1.54, 1.807) is 53.4 Å². The maximum Gasteiger partial charge on any atom is 0.413 e. The summed E-state index contributed by atoms with van der Waals surface area (Å²) in [5, 5.41) is 6.15. The van der Waals surface area contributed by atoms with Crippen molar-refractivity contribution in [3.8, 4) is 45.0 Å². The van der Waals surface area contributed by atoms with Crippen molar-refractivity contribution in [2.75, 3.05) is 13.1 Å². The third-order valence-electron chi connectivity index (χ3n) is 17.3. The zero-order valence-electron chi connectivity index (χ0n) is 47.7. The Hall–Kier alpha value is -8.07. The molecule has 15 heteroatoms. The molecule has 1 saturated carbocycles. The fourth-order valence-electron chi connectivity index (χ4n) is 13.3. The monoisotopic (exact) mass is 1090 g/mol. The first-order chi connectivity index (χ1) is 38.7. The minimum atomic E-state index is -0.864. The highest BCUT2D eigenvalue weighted by Crippen LogP contribution is 2.53. The standard InChI is InChI=1S/C66H74N8O7/c1-39(2)55(70-62(78)80-44-17-11-9-12-18-44)60(76)73-37-64(5,6)34-53(73)57-67-36-52(69-57)42-23-21-41(22-24-42)46-26-27-47(50-33-66(32-49(46)50)29-15-16-30-66)43-25-28-51-48(31-43)59(75)72-58(68-51)54-35-65(7,8)38-74(54)61(77)56(40(3)4)71-63(79)81-45-19-13-10-14-20-45/h9-14,17-28,31,36,39-40,53-56H,15-16,29-30,32-35,37-38H2,1-8H3,(H,67,69)(H,70,78)(H,71,79)(H,68,72,75)/t53-,54-,55-,56-/m0/s1. The van der Waals surface area contributed by atoms with Crippen molar-refractivity contribution in [3.63, 3.8) is 0 Å². The van der Waals surface area contributed by atoms with Crippen LogP contribution in [0, 0.1) is 28.1 Å². The van der Waals surface area contributed by atoms with Gasteiger partial charge in [-0.25, -0.2) is 19.6 Å². The SMILES string of the molecule is CC(C)[C@H](NC(=O)Oc1ccccc1)C(=O)N1CC(C)(C)C[C@H]1c1ncc(-c2ccc(-c3ccc(-c4ccc5nc([C@@H]6CC(C)(C)CN6C(=O)[C@@H](NC(=O)Oc6ccccc6)C(C)C)[nH]c(=O)c5c4)c4c3CC3(CCCC3)C4)cc2)[nH]1. The van der Waals surface area contributed by atoms with Gasteiger partial charge in [-0.3, -0.25) is 14.4 Å². The van der Waals surface area contributed by atoms with Crippen LogP contribution in [0.25, 0.3) is 44.4 Å². The molecule has 2 aromatic heterocycles. The van der Waals surface area contributed by atoms with Gasteiger partial charge in [0.2, 0.25) is 11.8 Å². The molecule has 2 aliphatic heterocycles. The topological polar surface area (TPSA) is 192 Å². The van der Waals surface area contributed by atoms with Gasteiger partial charge in [0.1, 0.15) is 35.2 Å². The van der Waals surface area contributed by atoms with Crippen molar-refractivity contribution in [3.05, 3.63) is 155 Å². The van der Waals surface area contributed by atoms with Crippen molar-refractivity contribution < 1.29 is 28.7 Å². The Bertz CT molecular complexity index is 3560. The first kappa shape index (κ1) is 54.9. The number of imidazole rings is 1. The van der Waals surface area contributed by atoms with Crippen molar-refractivity contribution in [2.24, 2.45) is 28.1 Å². The van der Waals surface area contributed by atoms with Gasteiger partial charge < -0.3 is 39.9 Å². The Morgan fingerprint density at radius 1 is 0.605 bits per heavy atom. The number of H-pyrrole nitrogens is 2. The minimum Gasteiger partial charge on any atom is -0.410 e. The zero-order chi connectivity index (χ0) is 57.0. The molecule has 0 radical (unpaired) electrons. The van der Waals surface area contributed by atoms with Crippen LogP contribution in [0.1, 0.15) is 129 Å². The second kappa shape index (κ2) is 21.8. The average Bonchev–Trinajstić information content (AvgIpc) is 4.50. The highest BCUT2D eigenvalue weighted by molar-refractivity contribution is 5.89. The van der Waals surface area contributed by atoms with Crippen LogP contribution in [-0.4, -0.2) is 78.9 Å². The number of benzene rings is 5. The molecule has 5 aromatic carbocycles. The second-order valence-corrected chi connectivity index (χ2v) is 25.5. The highest BCUT2D eigenvalue weighted by Gasteiger charge is 2.47. The van der Waals surface area contributed by atoms with Crippen LogP contribution in [0.15, 0.2) is 126 Å². The number of carbonyl (C=O) groups excluding carboxylic acids is 4. The largest absolute Gasteiger partial charge is 0.413 e. The van der Waals surface area contributed by atoms with E-state index in [9.17, 15) is 24.0 Å². The molecule has 0 bridgehead atoms. The molecule has 1 spiro atoms. The molecule has 4 atom stereocenters. The Kier molecular flexibility index (Phi) is 14.7. The van der Waals surface area contributed by atoms with Gasteiger partial charge in [0.25, 0.3) is 5.56 Å². The van der Waals surface area contributed by atoms with Crippen LogP contribution >= 0.6 is 0 Å². The number of carbonyl (C=O) groups is 4. The molecule has 15 nitrogen and oxygen atoms in total. The lowest BCUT2D eigenvalue weighted by atomic mass is 9.82. The number of nitrogens with zero attached hydrogens (tertiary/aromatic N) is 4. The van der Waals surface area contributed by atoms with Crippen molar-refractivity contribution in [1.82, 2.24) is 40.4 Å². The van der Waals surface area contributed by atoms with Crippen LogP contribution in [-0.2, 0) is 22.4 Å². The third kappa shape index (κ3) is 11.4. The van der Waals surface area contributed by atoms with E-state index in [4.69, 9.17) is 19.4 Å². The molecule has 2 saturated heterocycles. The van der Waals surface area contributed by atoms with Gasteiger partial charge in [-0.15, -0.1) is 0 Å². The predicted molar refractivity (Wildman–Crippen MR) is 313 cm³/mol. The minimum absolute atomic E-state index is 0.172. The third-order valence-corrected chi connectivity index (χ3v) is 17.3. The van der Waals surface area contributed by atoms with Crippen molar-refractivity contribution in [1.29, 1.82) is 0 Å². The summed E-state index contributed by atoms with van der Waals surface area (Å²) >= 11 is 0. The molecule has 2 aliphatic carbocycles. The first-order valence-electron chi connectivity index (χ1n) is 28.8. The molecule has 81 heavy (non-hydrogen) atoms. The molecule has 4 amide bonds. The van der Waals surface area contributed by atoms with E-state index < -0.39 is 30.3 Å². The maximum absolute atomic E-state index is 14.5. The first-order valence-corrected chi connectivity index (χ1v) is 28.8. The lowest BCUT2D eigenvalue weighted by Gasteiger charge is -2.30. The van der Waals surface area contributed by atoms with E-state index in [0.717, 1.165) is 40.8 Å². The van der Waals surface area contributed by atoms with E-state index in [2.05, 4.69) is 90.8 Å². The molecule has 4 aliphatic rings. The zero-order valence-corrected chi connectivity index (χ0v) is 47.7. The number of hydrogen-bond acceptors (Lipinski definition) is 9. The number of para-hydroxylation sites is 2. The lowest BCUT2D eigenvalue weighted by molar-refractivity contribution is -0.136. The summed E-state index contributed by atoms with van der Waals surface area (Å²) in [4.78, 5) is 89.5. The van der Waals surface area contributed by atoms with Crippen molar-refractivity contribution >= 4 is 34.9 Å². The number of nitrogens with one attached hydrogen (secondary N) is 4. The molecule has 0 unspecified atom stereocenters. The summed E-state index contributed by atoms with van der Waals surface area (Å²) in [6.07, 6.45) is 8.54. The van der Waals surface area contributed by atoms with E-state index in [0.29, 0.717) is 60.0 Å². The van der Waals surface area contributed by atoms with Gasteiger partial charge in [-0.05, 0) is 142 Å². The van der Waals surface area contributed by atoms with Crippen molar-refractivity contribution in [2.45, 2.75) is 131 Å². The fraction of sp³-hybridized carbons (Fsp3) is 0.409. The van der Waals surface area contributed by atoms with Crippen LogP contribution in [0.2, 0.25) is 0 Å². The number of amides is 4. The van der Waals surface area contributed by atoms with Crippen LogP contribution in [0.3, 0.4) is 0 Å².